The number of aromatic nitrogens is 5. The van der Waals surface area contributed by atoms with Gasteiger partial charge >= 0.3 is 0 Å². The highest BCUT2D eigenvalue weighted by molar-refractivity contribution is 6.04. The van der Waals surface area contributed by atoms with Gasteiger partial charge in [-0.15, -0.1) is 5.10 Å². The second-order valence-corrected chi connectivity index (χ2v) is 10.4. The maximum absolute atomic E-state index is 13.0. The fraction of sp³-hybridized carbons (Fsp3) is 0.310. The Balaban J connectivity index is 1.36. The Morgan fingerprint density at radius 3 is 2.64 bits per heavy atom. The first-order valence-electron chi connectivity index (χ1n) is 12.8. The lowest BCUT2D eigenvalue weighted by Gasteiger charge is -2.33. The standard InChI is InChI=1S/C29H31N9O/c1-20-27(14-24(16-32-20)33-28(39)21-6-5-7-23(12-21)29(2,3)19-30)38-18-26(34-35-38)22-13-25(17-31-15-22)37-10-8-36(4)9-11-37/h5-7,12-18H,8-11H2,1-4H3,(H,33,39). The van der Waals surface area contributed by atoms with Crippen molar-refractivity contribution in [1.29, 1.82) is 5.26 Å². The molecule has 10 heteroatoms. The smallest absolute Gasteiger partial charge is 0.255 e. The van der Waals surface area contributed by atoms with Crippen LogP contribution in [0.25, 0.3) is 16.9 Å². The van der Waals surface area contributed by atoms with Crippen LogP contribution in [0, 0.1) is 18.3 Å². The summed E-state index contributed by atoms with van der Waals surface area (Å²) in [5, 5.41) is 21.1. The molecule has 0 atom stereocenters. The molecule has 5 rings (SSSR count). The van der Waals surface area contributed by atoms with Crippen molar-refractivity contribution < 1.29 is 4.79 Å². The highest BCUT2D eigenvalue weighted by Gasteiger charge is 2.21. The lowest BCUT2D eigenvalue weighted by molar-refractivity contribution is 0.102. The summed E-state index contributed by atoms with van der Waals surface area (Å²) in [5.41, 5.74) is 5.17. The molecule has 0 radical (unpaired) electrons. The van der Waals surface area contributed by atoms with Crippen molar-refractivity contribution >= 4 is 17.3 Å². The minimum Gasteiger partial charge on any atom is -0.368 e. The number of aryl methyl sites for hydroxylation is 1. The van der Waals surface area contributed by atoms with E-state index in [4.69, 9.17) is 0 Å². The monoisotopic (exact) mass is 521 g/mol. The lowest BCUT2D eigenvalue weighted by Crippen LogP contribution is -2.44. The summed E-state index contributed by atoms with van der Waals surface area (Å²) in [4.78, 5) is 26.6. The molecule has 1 N–H and O–H groups in total. The number of nitrogens with one attached hydrogen (secondary N) is 1. The molecule has 4 aromatic rings. The molecule has 0 spiro atoms. The van der Waals surface area contributed by atoms with Crippen molar-refractivity contribution in [1.82, 2.24) is 29.9 Å². The van der Waals surface area contributed by atoms with E-state index in [1.807, 2.05) is 45.3 Å². The maximum atomic E-state index is 13.0. The summed E-state index contributed by atoms with van der Waals surface area (Å²) < 4.78 is 1.66. The highest BCUT2D eigenvalue weighted by Crippen LogP contribution is 2.26. The Kier molecular flexibility index (Phi) is 7.09. The predicted molar refractivity (Wildman–Crippen MR) is 150 cm³/mol. The van der Waals surface area contributed by atoms with E-state index < -0.39 is 5.41 Å². The number of nitrogens with zero attached hydrogens (tertiary/aromatic N) is 8. The van der Waals surface area contributed by atoms with Crippen molar-refractivity contribution in [2.45, 2.75) is 26.2 Å². The number of carbonyl (C=O) groups excluding carboxylic acids is 1. The Bertz CT molecular complexity index is 1540. The average Bonchev–Trinajstić information content (AvgIpc) is 3.45. The molecule has 1 aromatic carbocycles. The van der Waals surface area contributed by atoms with E-state index in [1.165, 1.54) is 0 Å². The molecule has 10 nitrogen and oxygen atoms in total. The zero-order valence-corrected chi connectivity index (χ0v) is 22.6. The van der Waals surface area contributed by atoms with Crippen LogP contribution < -0.4 is 10.2 Å². The number of likely N-dealkylation sites (N-methyl/N-ethyl adjacent to an activating group) is 1. The van der Waals surface area contributed by atoms with Crippen LogP contribution in [0.15, 0.2) is 61.2 Å². The van der Waals surface area contributed by atoms with Gasteiger partial charge in [-0.2, -0.15) is 5.26 Å². The van der Waals surface area contributed by atoms with Crippen molar-refractivity contribution in [3.05, 3.63) is 78.0 Å². The Hall–Kier alpha value is -4.62. The number of piperazine rings is 1. The third-order valence-electron chi connectivity index (χ3n) is 7.07. The van der Waals surface area contributed by atoms with E-state index in [9.17, 15) is 10.1 Å². The highest BCUT2D eigenvalue weighted by atomic mass is 16.1. The molecule has 4 heterocycles. The van der Waals surface area contributed by atoms with Gasteiger partial charge in [0.1, 0.15) is 5.69 Å². The van der Waals surface area contributed by atoms with Gasteiger partial charge in [0.05, 0.1) is 52.8 Å². The van der Waals surface area contributed by atoms with E-state index in [1.54, 1.807) is 35.3 Å². The Morgan fingerprint density at radius 1 is 1.08 bits per heavy atom. The van der Waals surface area contributed by atoms with Gasteiger partial charge in [-0.1, -0.05) is 17.3 Å². The maximum Gasteiger partial charge on any atom is 0.255 e. The lowest BCUT2D eigenvalue weighted by atomic mass is 9.85. The van der Waals surface area contributed by atoms with Crippen LogP contribution in [0.4, 0.5) is 11.4 Å². The van der Waals surface area contributed by atoms with Gasteiger partial charge in [-0.25, -0.2) is 4.68 Å². The number of benzene rings is 1. The van der Waals surface area contributed by atoms with Gasteiger partial charge < -0.3 is 15.1 Å². The van der Waals surface area contributed by atoms with Crippen LogP contribution in [0.5, 0.6) is 0 Å². The zero-order chi connectivity index (χ0) is 27.6. The van der Waals surface area contributed by atoms with Crippen LogP contribution in [-0.2, 0) is 5.41 Å². The zero-order valence-electron chi connectivity index (χ0n) is 22.6. The number of carbonyl (C=O) groups is 1. The van der Waals surface area contributed by atoms with Gasteiger partial charge in [-0.3, -0.25) is 14.8 Å². The summed E-state index contributed by atoms with van der Waals surface area (Å²) >= 11 is 0. The Labute approximate surface area is 227 Å². The van der Waals surface area contributed by atoms with Crippen LogP contribution in [0.3, 0.4) is 0 Å². The van der Waals surface area contributed by atoms with Gasteiger partial charge in [0, 0.05) is 43.5 Å². The number of rotatable bonds is 6. The molecule has 39 heavy (non-hydrogen) atoms. The quantitative estimate of drug-likeness (QED) is 0.407. The third kappa shape index (κ3) is 5.63. The molecular formula is C29H31N9O. The molecule has 3 aromatic heterocycles. The first-order chi connectivity index (χ1) is 18.7. The molecule has 0 saturated carbocycles. The summed E-state index contributed by atoms with van der Waals surface area (Å²) in [5.74, 6) is -0.284. The number of hydrogen-bond acceptors (Lipinski definition) is 8. The summed E-state index contributed by atoms with van der Waals surface area (Å²) in [6, 6.07) is 13.3. The summed E-state index contributed by atoms with van der Waals surface area (Å²) in [6.07, 6.45) is 7.13. The summed E-state index contributed by atoms with van der Waals surface area (Å²) in [7, 11) is 2.14. The number of nitriles is 1. The molecule has 1 amide bonds. The van der Waals surface area contributed by atoms with Gasteiger partial charge in [0.15, 0.2) is 0 Å². The van der Waals surface area contributed by atoms with Gasteiger partial charge in [-0.05, 0) is 57.6 Å². The fourth-order valence-electron chi connectivity index (χ4n) is 4.46. The van der Waals surface area contributed by atoms with Crippen LogP contribution >= 0.6 is 0 Å². The number of anilines is 2. The van der Waals surface area contributed by atoms with Crippen molar-refractivity contribution in [3.63, 3.8) is 0 Å². The first-order valence-corrected chi connectivity index (χ1v) is 12.8. The molecule has 0 unspecified atom stereocenters. The van der Waals surface area contributed by atoms with Crippen molar-refractivity contribution in [2.75, 3.05) is 43.4 Å². The number of amides is 1. The normalized spacial score (nSPS) is 14.2. The molecule has 198 valence electrons. The first kappa shape index (κ1) is 26.0. The molecule has 0 aliphatic carbocycles. The van der Waals surface area contributed by atoms with Crippen molar-refractivity contribution in [3.8, 4) is 23.0 Å². The minimum atomic E-state index is -0.695. The molecule has 0 bridgehead atoms. The average molecular weight is 522 g/mol. The van der Waals surface area contributed by atoms with E-state index in [0.717, 1.165) is 48.7 Å². The second-order valence-electron chi connectivity index (χ2n) is 10.4. The van der Waals surface area contributed by atoms with E-state index in [0.29, 0.717) is 22.6 Å². The van der Waals surface area contributed by atoms with E-state index in [-0.39, 0.29) is 5.91 Å². The number of hydrogen-bond donors (Lipinski definition) is 1. The van der Waals surface area contributed by atoms with Gasteiger partial charge in [0.2, 0.25) is 0 Å². The van der Waals surface area contributed by atoms with Crippen LogP contribution in [0.1, 0.15) is 35.5 Å². The molecule has 1 aliphatic rings. The third-order valence-corrected chi connectivity index (χ3v) is 7.07. The van der Waals surface area contributed by atoms with Crippen LogP contribution in [0.2, 0.25) is 0 Å². The topological polar surface area (TPSA) is 116 Å². The molecule has 1 saturated heterocycles. The summed E-state index contributed by atoms with van der Waals surface area (Å²) in [6.45, 7) is 9.48. The van der Waals surface area contributed by atoms with E-state index in [2.05, 4.69) is 54.6 Å². The molecular weight excluding hydrogens is 490 g/mol. The largest absolute Gasteiger partial charge is 0.368 e. The van der Waals surface area contributed by atoms with Crippen LogP contribution in [-0.4, -0.2) is 69.0 Å². The molecule has 1 fully saturated rings. The minimum absolute atomic E-state index is 0.284. The Morgan fingerprint density at radius 2 is 1.87 bits per heavy atom. The van der Waals surface area contributed by atoms with Crippen molar-refractivity contribution in [2.24, 2.45) is 0 Å². The predicted octanol–water partition coefficient (Wildman–Crippen LogP) is 3.84. The fourth-order valence-corrected chi connectivity index (χ4v) is 4.46. The second kappa shape index (κ2) is 10.6. The van der Waals surface area contributed by atoms with E-state index >= 15 is 0 Å². The van der Waals surface area contributed by atoms with Gasteiger partial charge in [0.25, 0.3) is 5.91 Å². The number of pyridine rings is 2. The molecule has 1 aliphatic heterocycles. The SMILES string of the molecule is Cc1ncc(NC(=O)c2cccc(C(C)(C)C#N)c2)cc1-n1cc(-c2cncc(N3CCN(C)CC3)c2)nn1.